The quantitative estimate of drug-likeness (QED) is 0.642. The first-order valence-corrected chi connectivity index (χ1v) is 11.8. The van der Waals surface area contributed by atoms with Crippen molar-refractivity contribution in [1.82, 2.24) is 14.7 Å². The number of nitrogens with one attached hydrogen (secondary N) is 1. The molecular formula is C25H27F3N4O3. The molecular weight excluding hydrogens is 461 g/mol. The summed E-state index contributed by atoms with van der Waals surface area (Å²) < 4.78 is 46.3. The third-order valence-corrected chi connectivity index (χ3v) is 7.03. The first-order valence-electron chi connectivity index (χ1n) is 11.8. The summed E-state index contributed by atoms with van der Waals surface area (Å²) in [5, 5.41) is 2.76. The Balaban J connectivity index is 1.14. The Labute approximate surface area is 201 Å². The molecule has 3 heterocycles. The lowest BCUT2D eigenvalue weighted by Crippen LogP contribution is -2.50. The largest absolute Gasteiger partial charge is 0.378 e. The third-order valence-electron chi connectivity index (χ3n) is 7.03. The first-order chi connectivity index (χ1) is 16.9. The number of morpholine rings is 1. The summed E-state index contributed by atoms with van der Waals surface area (Å²) in [7, 11) is 0. The maximum atomic E-state index is 14.0. The second-order valence-electron chi connectivity index (χ2n) is 9.18. The highest BCUT2D eigenvalue weighted by Crippen LogP contribution is 2.31. The van der Waals surface area contributed by atoms with E-state index in [2.05, 4.69) is 5.32 Å². The third kappa shape index (κ3) is 4.80. The highest BCUT2D eigenvalue weighted by atomic mass is 19.2. The van der Waals surface area contributed by atoms with Crippen LogP contribution in [-0.4, -0.2) is 66.2 Å². The molecule has 0 aromatic heterocycles. The molecule has 2 saturated heterocycles. The van der Waals surface area contributed by atoms with E-state index in [4.69, 9.17) is 4.74 Å². The zero-order valence-electron chi connectivity index (χ0n) is 19.2. The van der Waals surface area contributed by atoms with Gasteiger partial charge in [-0.05, 0) is 48.1 Å². The maximum absolute atomic E-state index is 14.0. The number of benzene rings is 2. The van der Waals surface area contributed by atoms with Gasteiger partial charge in [-0.3, -0.25) is 0 Å². The van der Waals surface area contributed by atoms with E-state index in [1.807, 2.05) is 34.1 Å². The molecule has 186 valence electrons. The number of amides is 4. The fourth-order valence-corrected chi connectivity index (χ4v) is 4.99. The van der Waals surface area contributed by atoms with Gasteiger partial charge in [0.2, 0.25) is 0 Å². The number of urea groups is 2. The van der Waals surface area contributed by atoms with E-state index in [-0.39, 0.29) is 30.2 Å². The summed E-state index contributed by atoms with van der Waals surface area (Å²) in [6, 6.07) is 8.09. The first kappa shape index (κ1) is 23.5. The highest BCUT2D eigenvalue weighted by molar-refractivity contribution is 5.89. The van der Waals surface area contributed by atoms with Crippen molar-refractivity contribution in [2.45, 2.75) is 31.8 Å². The molecule has 3 aliphatic rings. The van der Waals surface area contributed by atoms with Crippen molar-refractivity contribution < 1.29 is 27.5 Å². The topological polar surface area (TPSA) is 65.1 Å². The van der Waals surface area contributed by atoms with E-state index in [0.717, 1.165) is 24.5 Å². The molecule has 3 aliphatic heterocycles. The Bertz CT molecular complexity index is 1110. The predicted molar refractivity (Wildman–Crippen MR) is 122 cm³/mol. The van der Waals surface area contributed by atoms with Gasteiger partial charge in [0.05, 0.1) is 19.8 Å². The van der Waals surface area contributed by atoms with Gasteiger partial charge in [-0.1, -0.05) is 12.1 Å². The number of halogens is 3. The van der Waals surface area contributed by atoms with Crippen LogP contribution in [0.25, 0.3) is 0 Å². The van der Waals surface area contributed by atoms with Crippen molar-refractivity contribution in [1.29, 1.82) is 0 Å². The molecule has 10 heteroatoms. The Hall–Kier alpha value is -3.27. The van der Waals surface area contributed by atoms with E-state index < -0.39 is 23.5 Å². The Morgan fingerprint density at radius 3 is 2.20 bits per heavy atom. The van der Waals surface area contributed by atoms with Gasteiger partial charge < -0.3 is 24.8 Å². The van der Waals surface area contributed by atoms with E-state index in [0.29, 0.717) is 51.0 Å². The summed E-state index contributed by atoms with van der Waals surface area (Å²) in [5.74, 6) is -3.68. The molecule has 0 aliphatic carbocycles. The average Bonchev–Trinajstić information content (AvgIpc) is 3.32. The van der Waals surface area contributed by atoms with Gasteiger partial charge in [0.25, 0.3) is 0 Å². The van der Waals surface area contributed by atoms with Crippen LogP contribution in [0.15, 0.2) is 30.3 Å². The molecule has 0 atom stereocenters. The number of fused-ring (bicyclic) bond motifs is 1. The molecule has 4 amide bonds. The molecule has 35 heavy (non-hydrogen) atoms. The minimum atomic E-state index is -1.52. The highest BCUT2D eigenvalue weighted by Gasteiger charge is 2.30. The fraction of sp³-hybridized carbons (Fsp3) is 0.440. The smallest absolute Gasteiger partial charge is 0.322 e. The summed E-state index contributed by atoms with van der Waals surface area (Å²) in [5.41, 5.74) is 1.99. The van der Waals surface area contributed by atoms with Crippen molar-refractivity contribution >= 4 is 17.7 Å². The molecule has 0 radical (unpaired) electrons. The number of carbonyl (C=O) groups is 2. The lowest BCUT2D eigenvalue weighted by Gasteiger charge is -2.37. The lowest BCUT2D eigenvalue weighted by molar-refractivity contribution is 0.0411. The van der Waals surface area contributed by atoms with Crippen LogP contribution in [-0.2, 0) is 17.8 Å². The van der Waals surface area contributed by atoms with Crippen LogP contribution in [0.1, 0.15) is 35.4 Å². The van der Waals surface area contributed by atoms with Crippen LogP contribution in [0, 0.1) is 17.5 Å². The number of rotatable bonds is 2. The number of hydrogen-bond donors (Lipinski definition) is 1. The predicted octanol–water partition coefficient (Wildman–Crippen LogP) is 4.28. The molecule has 2 aromatic rings. The SMILES string of the molecule is O=C(Nc1ccc(C2CCN(C(=O)N3CCOCC3)CC2)cc1)N1Cc2cc(F)c(F)c(F)c2C1. The molecule has 0 bridgehead atoms. The zero-order chi connectivity index (χ0) is 24.5. The standard InChI is InChI=1S/C25H27F3N4O3/c26-21-13-18-14-32(15-20(18)22(27)23(21)28)24(33)29-19-3-1-16(2-4-19)17-5-7-30(8-6-17)25(34)31-9-11-35-12-10-31/h1-4,13,17H,5-12,14-15H2,(H,29,33). The minimum absolute atomic E-state index is 0.00726. The summed E-state index contributed by atoms with van der Waals surface area (Å²) in [6.45, 7) is 3.74. The average molecular weight is 489 g/mol. The molecule has 0 saturated carbocycles. The van der Waals surface area contributed by atoms with Gasteiger partial charge in [-0.15, -0.1) is 0 Å². The van der Waals surface area contributed by atoms with Crippen LogP contribution < -0.4 is 5.32 Å². The van der Waals surface area contributed by atoms with E-state index in [1.54, 1.807) is 0 Å². The van der Waals surface area contributed by atoms with Crippen molar-refractivity contribution in [2.24, 2.45) is 0 Å². The second-order valence-corrected chi connectivity index (χ2v) is 9.18. The van der Waals surface area contributed by atoms with Crippen LogP contribution in [0.3, 0.4) is 0 Å². The fourth-order valence-electron chi connectivity index (χ4n) is 4.99. The van der Waals surface area contributed by atoms with Crippen molar-refractivity contribution in [3.63, 3.8) is 0 Å². The van der Waals surface area contributed by atoms with Crippen LogP contribution >= 0.6 is 0 Å². The van der Waals surface area contributed by atoms with Crippen LogP contribution in [0.5, 0.6) is 0 Å². The monoisotopic (exact) mass is 488 g/mol. The van der Waals surface area contributed by atoms with Crippen LogP contribution in [0.2, 0.25) is 0 Å². The molecule has 7 nitrogen and oxygen atoms in total. The number of nitrogens with zero attached hydrogens (tertiary/aromatic N) is 3. The Morgan fingerprint density at radius 1 is 0.857 bits per heavy atom. The molecule has 5 rings (SSSR count). The maximum Gasteiger partial charge on any atom is 0.322 e. The molecule has 0 spiro atoms. The van der Waals surface area contributed by atoms with Gasteiger partial charge >= 0.3 is 12.1 Å². The normalized spacial score (nSPS) is 18.5. The van der Waals surface area contributed by atoms with Crippen molar-refractivity contribution in [2.75, 3.05) is 44.7 Å². The number of piperidine rings is 1. The molecule has 2 fully saturated rings. The Kier molecular flexibility index (Phi) is 6.55. The summed E-state index contributed by atoms with van der Waals surface area (Å²) >= 11 is 0. The van der Waals surface area contributed by atoms with E-state index in [9.17, 15) is 22.8 Å². The number of ether oxygens (including phenoxy) is 1. The second kappa shape index (κ2) is 9.77. The van der Waals surface area contributed by atoms with Gasteiger partial charge in [-0.2, -0.15) is 0 Å². The molecule has 0 unspecified atom stereocenters. The van der Waals surface area contributed by atoms with Gasteiger partial charge in [0.15, 0.2) is 17.5 Å². The van der Waals surface area contributed by atoms with E-state index in [1.165, 1.54) is 4.90 Å². The number of anilines is 1. The number of carbonyl (C=O) groups excluding carboxylic acids is 2. The lowest BCUT2D eigenvalue weighted by atomic mass is 9.89. The summed E-state index contributed by atoms with van der Waals surface area (Å²) in [6.07, 6.45) is 1.74. The number of hydrogen-bond acceptors (Lipinski definition) is 3. The Morgan fingerprint density at radius 2 is 1.51 bits per heavy atom. The number of likely N-dealkylation sites (tertiary alicyclic amines) is 1. The van der Waals surface area contributed by atoms with Gasteiger partial charge in [-0.25, -0.2) is 22.8 Å². The van der Waals surface area contributed by atoms with Gasteiger partial charge in [0.1, 0.15) is 0 Å². The molecule has 2 aromatic carbocycles. The van der Waals surface area contributed by atoms with Crippen LogP contribution in [0.4, 0.5) is 28.4 Å². The zero-order valence-corrected chi connectivity index (χ0v) is 19.2. The van der Waals surface area contributed by atoms with Gasteiger partial charge in [0, 0.05) is 44.0 Å². The van der Waals surface area contributed by atoms with E-state index >= 15 is 0 Å². The van der Waals surface area contributed by atoms with Crippen molar-refractivity contribution in [3.05, 3.63) is 64.5 Å². The summed E-state index contributed by atoms with van der Waals surface area (Å²) in [4.78, 5) is 30.4. The van der Waals surface area contributed by atoms with Crippen molar-refractivity contribution in [3.8, 4) is 0 Å². The minimum Gasteiger partial charge on any atom is -0.378 e. The molecule has 1 N–H and O–H groups in total.